The van der Waals surface area contributed by atoms with Gasteiger partial charge in [0.2, 0.25) is 11.9 Å². The Morgan fingerprint density at radius 2 is 2.38 bits per heavy atom. The number of nitrogens with two attached hydrogens (primary N) is 1. The summed E-state index contributed by atoms with van der Waals surface area (Å²) < 4.78 is 13.9. The number of aliphatic hydroxyl groups excluding tert-OH is 1. The van der Waals surface area contributed by atoms with Crippen LogP contribution in [0.3, 0.4) is 0 Å². The lowest BCUT2D eigenvalue weighted by atomic mass is 9.94. The Morgan fingerprint density at radius 1 is 1.62 bits per heavy atom. The fourth-order valence-corrected chi connectivity index (χ4v) is 1.76. The number of piperidine rings is 1. The molecule has 0 aromatic carbocycles. The van der Waals surface area contributed by atoms with Crippen LogP contribution in [0.1, 0.15) is 13.3 Å². The average Bonchev–Trinajstić information content (AvgIpc) is 2.22. The summed E-state index contributed by atoms with van der Waals surface area (Å²) in [5, 5.41) is 9.48. The molecule has 0 bridgehead atoms. The highest BCUT2D eigenvalue weighted by molar-refractivity contribution is 5.34. The van der Waals surface area contributed by atoms with Crippen molar-refractivity contribution in [3.05, 3.63) is 6.33 Å². The number of alkyl halides is 1. The van der Waals surface area contributed by atoms with E-state index >= 15 is 0 Å². The molecule has 6 nitrogen and oxygen atoms in total. The van der Waals surface area contributed by atoms with E-state index in [4.69, 9.17) is 5.73 Å². The molecule has 1 aromatic heterocycles. The van der Waals surface area contributed by atoms with E-state index in [2.05, 4.69) is 15.0 Å². The van der Waals surface area contributed by atoms with Gasteiger partial charge in [0.25, 0.3) is 0 Å². The van der Waals surface area contributed by atoms with Gasteiger partial charge in [-0.15, -0.1) is 0 Å². The lowest BCUT2D eigenvalue weighted by Crippen LogP contribution is -2.53. The molecule has 7 heteroatoms. The fraction of sp³-hybridized carbons (Fsp3) is 0.667. The number of hydrogen-bond acceptors (Lipinski definition) is 6. The normalized spacial score (nSPS) is 30.4. The van der Waals surface area contributed by atoms with Crippen molar-refractivity contribution in [2.24, 2.45) is 0 Å². The van der Waals surface area contributed by atoms with Gasteiger partial charge in [-0.1, -0.05) is 0 Å². The lowest BCUT2D eigenvalue weighted by molar-refractivity contribution is -0.00860. The van der Waals surface area contributed by atoms with E-state index in [9.17, 15) is 9.50 Å². The molecule has 0 saturated carbocycles. The second-order valence-electron chi connectivity index (χ2n) is 4.15. The van der Waals surface area contributed by atoms with Crippen LogP contribution in [-0.4, -0.2) is 44.9 Å². The minimum absolute atomic E-state index is 0.0532. The van der Waals surface area contributed by atoms with Crippen molar-refractivity contribution < 1.29 is 9.50 Å². The van der Waals surface area contributed by atoms with Gasteiger partial charge >= 0.3 is 0 Å². The number of aliphatic hydroxyl groups is 1. The van der Waals surface area contributed by atoms with Gasteiger partial charge in [-0.2, -0.15) is 4.98 Å². The highest BCUT2D eigenvalue weighted by Gasteiger charge is 2.39. The first-order chi connectivity index (χ1) is 7.49. The highest BCUT2D eigenvalue weighted by Crippen LogP contribution is 2.27. The van der Waals surface area contributed by atoms with Crippen molar-refractivity contribution >= 4 is 11.9 Å². The van der Waals surface area contributed by atoms with Gasteiger partial charge in [-0.25, -0.2) is 14.4 Å². The van der Waals surface area contributed by atoms with E-state index in [0.717, 1.165) is 0 Å². The zero-order valence-corrected chi connectivity index (χ0v) is 8.97. The average molecular weight is 227 g/mol. The zero-order valence-electron chi connectivity index (χ0n) is 8.97. The highest BCUT2D eigenvalue weighted by atomic mass is 19.1. The van der Waals surface area contributed by atoms with E-state index in [0.29, 0.717) is 18.9 Å². The monoisotopic (exact) mass is 227 g/mol. The Bertz CT molecular complexity index is 386. The van der Waals surface area contributed by atoms with E-state index in [1.54, 1.807) is 4.90 Å². The molecular weight excluding hydrogens is 213 g/mol. The molecule has 16 heavy (non-hydrogen) atoms. The minimum Gasteiger partial charge on any atom is -0.390 e. The molecule has 1 aliphatic heterocycles. The molecule has 0 spiro atoms. The van der Waals surface area contributed by atoms with Crippen molar-refractivity contribution in [1.82, 2.24) is 15.0 Å². The van der Waals surface area contributed by atoms with Crippen LogP contribution in [-0.2, 0) is 0 Å². The minimum atomic E-state index is -1.65. The first-order valence-corrected chi connectivity index (χ1v) is 5.05. The van der Waals surface area contributed by atoms with Crippen LogP contribution in [0.15, 0.2) is 6.33 Å². The molecule has 1 aromatic rings. The Kier molecular flexibility index (Phi) is 2.63. The SMILES string of the molecule is C[C@]1(F)CN(c2ncnc(N)n2)CC[C@H]1O. The van der Waals surface area contributed by atoms with Gasteiger partial charge in [0.1, 0.15) is 6.33 Å². The number of halogens is 1. The third-order valence-electron chi connectivity index (χ3n) is 2.73. The summed E-state index contributed by atoms with van der Waals surface area (Å²) in [6.45, 7) is 1.93. The summed E-state index contributed by atoms with van der Waals surface area (Å²) in [6.07, 6.45) is 0.694. The van der Waals surface area contributed by atoms with Crippen molar-refractivity contribution in [3.63, 3.8) is 0 Å². The summed E-state index contributed by atoms with van der Waals surface area (Å²) in [4.78, 5) is 13.2. The van der Waals surface area contributed by atoms with Crippen molar-refractivity contribution in [2.45, 2.75) is 25.1 Å². The summed E-state index contributed by atoms with van der Waals surface area (Å²) in [5.41, 5.74) is 3.78. The molecule has 1 fully saturated rings. The van der Waals surface area contributed by atoms with Gasteiger partial charge in [-0.05, 0) is 13.3 Å². The Labute approximate surface area is 92.3 Å². The molecule has 2 atom stereocenters. The molecule has 0 radical (unpaired) electrons. The summed E-state index contributed by atoms with van der Waals surface area (Å²) >= 11 is 0. The smallest absolute Gasteiger partial charge is 0.230 e. The molecule has 0 aliphatic carbocycles. The zero-order chi connectivity index (χ0) is 11.8. The molecule has 1 saturated heterocycles. The van der Waals surface area contributed by atoms with Crippen LogP contribution >= 0.6 is 0 Å². The molecule has 1 aliphatic rings. The largest absolute Gasteiger partial charge is 0.390 e. The maximum Gasteiger partial charge on any atom is 0.230 e. The van der Waals surface area contributed by atoms with Gasteiger partial charge in [0.05, 0.1) is 12.6 Å². The number of rotatable bonds is 1. The Hall–Kier alpha value is -1.50. The predicted octanol–water partition coefficient (Wildman–Crippen LogP) is -0.247. The van der Waals surface area contributed by atoms with Crippen LogP contribution in [0.2, 0.25) is 0 Å². The number of anilines is 2. The molecule has 88 valence electrons. The molecule has 2 rings (SSSR count). The quantitative estimate of drug-likeness (QED) is 0.688. The van der Waals surface area contributed by atoms with E-state index < -0.39 is 11.8 Å². The fourth-order valence-electron chi connectivity index (χ4n) is 1.76. The van der Waals surface area contributed by atoms with Crippen LogP contribution in [0.5, 0.6) is 0 Å². The summed E-state index contributed by atoms with van der Waals surface area (Å²) in [7, 11) is 0. The number of nitrogen functional groups attached to an aromatic ring is 1. The van der Waals surface area contributed by atoms with Crippen LogP contribution in [0.25, 0.3) is 0 Å². The molecule has 2 heterocycles. The molecule has 3 N–H and O–H groups in total. The van der Waals surface area contributed by atoms with Gasteiger partial charge in [-0.3, -0.25) is 0 Å². The second kappa shape index (κ2) is 3.82. The van der Waals surface area contributed by atoms with E-state index in [1.165, 1.54) is 13.3 Å². The summed E-state index contributed by atoms with van der Waals surface area (Å²) in [6, 6.07) is 0. The standard InChI is InChI=1S/C9H14FN5O/c1-9(10)4-15(3-2-6(9)16)8-13-5-12-7(11)14-8/h5-6,16H,2-4H2,1H3,(H2,11,12,13,14)/t6-,9+/m1/s1. The van der Waals surface area contributed by atoms with Crippen LogP contribution in [0, 0.1) is 0 Å². The maximum atomic E-state index is 13.9. The Balaban J connectivity index is 2.18. The third-order valence-corrected chi connectivity index (χ3v) is 2.73. The van der Waals surface area contributed by atoms with Gasteiger partial charge < -0.3 is 15.7 Å². The number of aromatic nitrogens is 3. The first kappa shape index (κ1) is 11.0. The molecule has 0 unspecified atom stereocenters. The molecular formula is C9H14FN5O. The first-order valence-electron chi connectivity index (χ1n) is 5.05. The maximum absolute atomic E-state index is 13.9. The van der Waals surface area contributed by atoms with Gasteiger partial charge in [0.15, 0.2) is 5.67 Å². The van der Waals surface area contributed by atoms with Gasteiger partial charge in [0, 0.05) is 6.54 Å². The topological polar surface area (TPSA) is 88.2 Å². The number of hydrogen-bond donors (Lipinski definition) is 2. The second-order valence-corrected chi connectivity index (χ2v) is 4.15. The van der Waals surface area contributed by atoms with Crippen LogP contribution in [0.4, 0.5) is 16.3 Å². The van der Waals surface area contributed by atoms with E-state index in [1.807, 2.05) is 0 Å². The molecule has 0 amide bonds. The van der Waals surface area contributed by atoms with Crippen LogP contribution < -0.4 is 10.6 Å². The lowest BCUT2D eigenvalue weighted by Gasteiger charge is -2.38. The van der Waals surface area contributed by atoms with E-state index in [-0.39, 0.29) is 12.5 Å². The van der Waals surface area contributed by atoms with Crippen molar-refractivity contribution in [2.75, 3.05) is 23.7 Å². The third kappa shape index (κ3) is 2.04. The Morgan fingerprint density at radius 3 is 3.00 bits per heavy atom. The number of nitrogens with zero attached hydrogens (tertiary/aromatic N) is 4. The summed E-state index contributed by atoms with van der Waals surface area (Å²) in [5.74, 6) is 0.458. The van der Waals surface area contributed by atoms with Crippen molar-refractivity contribution in [1.29, 1.82) is 0 Å². The predicted molar refractivity (Wildman–Crippen MR) is 56.6 cm³/mol. The van der Waals surface area contributed by atoms with Crippen molar-refractivity contribution in [3.8, 4) is 0 Å².